The zero-order chi connectivity index (χ0) is 14.9. The number of hydrogen-bond donors (Lipinski definition) is 4. The monoisotopic (exact) mass is 260 g/mol. The van der Waals surface area contributed by atoms with Crippen LogP contribution in [0.25, 0.3) is 0 Å². The van der Waals surface area contributed by atoms with Gasteiger partial charge in [-0.1, -0.05) is 0 Å². The topological polar surface area (TPSA) is 149 Å². The highest BCUT2D eigenvalue weighted by Gasteiger charge is 2.01. The molecule has 0 unspecified atom stereocenters. The molecule has 0 rings (SSSR count). The van der Waals surface area contributed by atoms with Gasteiger partial charge in [-0.15, -0.1) is 0 Å². The van der Waals surface area contributed by atoms with Crippen LogP contribution in [0.1, 0.15) is 13.8 Å². The first kappa shape index (κ1) is 17.7. The van der Waals surface area contributed by atoms with Crippen molar-refractivity contribution in [2.45, 2.75) is 13.8 Å². The molecule has 18 heavy (non-hydrogen) atoms. The van der Waals surface area contributed by atoms with Gasteiger partial charge in [0.15, 0.2) is 0 Å². The summed E-state index contributed by atoms with van der Waals surface area (Å²) < 4.78 is 0. The van der Waals surface area contributed by atoms with E-state index < -0.39 is 23.9 Å². The molecule has 0 aromatic rings. The summed E-state index contributed by atoms with van der Waals surface area (Å²) in [6.07, 6.45) is 1.28. The maximum Gasteiger partial charge on any atom is 0.331 e. The van der Waals surface area contributed by atoms with Gasteiger partial charge in [0.05, 0.1) is 0 Å². The van der Waals surface area contributed by atoms with Crippen LogP contribution < -0.4 is 0 Å². The van der Waals surface area contributed by atoms with Gasteiger partial charge < -0.3 is 20.4 Å². The van der Waals surface area contributed by atoms with E-state index in [1.54, 1.807) is 0 Å². The Bertz CT molecular complexity index is 376. The molecule has 0 fully saturated rings. The first-order chi connectivity index (χ1) is 8.07. The largest absolute Gasteiger partial charge is 0.478 e. The summed E-state index contributed by atoms with van der Waals surface area (Å²) in [5.41, 5.74) is -0.356. The third kappa shape index (κ3) is 11.4. The highest BCUT2D eigenvalue weighted by molar-refractivity contribution is 5.94. The number of rotatable bonds is 4. The Labute approximate surface area is 101 Å². The van der Waals surface area contributed by atoms with Crippen LogP contribution in [0.15, 0.2) is 23.3 Å². The number of carboxylic acids is 4. The predicted molar refractivity (Wildman–Crippen MR) is 58.1 cm³/mol. The quantitative estimate of drug-likeness (QED) is 0.523. The molecule has 0 saturated heterocycles. The molecule has 0 amide bonds. The molecule has 4 N–H and O–H groups in total. The van der Waals surface area contributed by atoms with Crippen molar-refractivity contribution in [1.29, 1.82) is 0 Å². The summed E-state index contributed by atoms with van der Waals surface area (Å²) in [5.74, 6) is -4.90. The minimum absolute atomic E-state index is 0.178. The number of carboxylic acid groups (broad SMARTS) is 4. The Morgan fingerprint density at radius 3 is 0.944 bits per heavy atom. The van der Waals surface area contributed by atoms with Crippen LogP contribution >= 0.6 is 0 Å². The van der Waals surface area contributed by atoms with Gasteiger partial charge in [0.1, 0.15) is 0 Å². The molecule has 0 aromatic carbocycles. The van der Waals surface area contributed by atoms with E-state index in [4.69, 9.17) is 20.4 Å². The average molecular weight is 260 g/mol. The molecule has 0 atom stereocenters. The Morgan fingerprint density at radius 1 is 0.667 bits per heavy atom. The van der Waals surface area contributed by atoms with Gasteiger partial charge >= 0.3 is 23.9 Å². The van der Waals surface area contributed by atoms with Crippen LogP contribution in [0.4, 0.5) is 0 Å². The summed E-state index contributed by atoms with van der Waals surface area (Å²) in [6.45, 7) is 2.44. The van der Waals surface area contributed by atoms with Gasteiger partial charge in [0.2, 0.25) is 0 Å². The normalized spacial score (nSPS) is 11.0. The fourth-order valence-electron chi connectivity index (χ4n) is 0.494. The Kier molecular flexibility index (Phi) is 8.38. The van der Waals surface area contributed by atoms with Crippen molar-refractivity contribution in [3.63, 3.8) is 0 Å². The third-order valence-corrected chi connectivity index (χ3v) is 1.35. The van der Waals surface area contributed by atoms with Gasteiger partial charge in [-0.3, -0.25) is 0 Å². The van der Waals surface area contributed by atoms with Crippen LogP contribution in [-0.2, 0) is 19.2 Å². The maximum absolute atomic E-state index is 9.90. The summed E-state index contributed by atoms with van der Waals surface area (Å²) in [4.78, 5) is 39.4. The van der Waals surface area contributed by atoms with Crippen molar-refractivity contribution in [1.82, 2.24) is 0 Å². The fourth-order valence-corrected chi connectivity index (χ4v) is 0.494. The van der Waals surface area contributed by atoms with E-state index in [1.165, 1.54) is 13.8 Å². The fraction of sp³-hybridized carbons (Fsp3) is 0.200. The molecular weight excluding hydrogens is 248 g/mol. The Balaban J connectivity index is 0. The van der Waals surface area contributed by atoms with E-state index in [-0.39, 0.29) is 11.1 Å². The molecule has 0 saturated carbocycles. The van der Waals surface area contributed by atoms with Crippen molar-refractivity contribution in [2.75, 3.05) is 0 Å². The number of carbonyl (C=O) groups is 4. The highest BCUT2D eigenvalue weighted by atomic mass is 16.4. The first-order valence-corrected chi connectivity index (χ1v) is 4.37. The average Bonchev–Trinajstić information content (AvgIpc) is 2.16. The lowest BCUT2D eigenvalue weighted by Gasteiger charge is -1.86. The molecule has 8 heteroatoms. The summed E-state index contributed by atoms with van der Waals surface area (Å²) in [5, 5.41) is 32.2. The highest BCUT2D eigenvalue weighted by Crippen LogP contribution is 1.90. The second kappa shape index (κ2) is 8.50. The van der Waals surface area contributed by atoms with Gasteiger partial charge in [0, 0.05) is 23.3 Å². The smallest absolute Gasteiger partial charge is 0.331 e. The van der Waals surface area contributed by atoms with Crippen molar-refractivity contribution < 1.29 is 39.6 Å². The van der Waals surface area contributed by atoms with Gasteiger partial charge in [-0.2, -0.15) is 0 Å². The summed E-state index contributed by atoms with van der Waals surface area (Å²) in [6, 6.07) is 0. The minimum Gasteiger partial charge on any atom is -0.478 e. The van der Waals surface area contributed by atoms with E-state index in [9.17, 15) is 19.2 Å². The van der Waals surface area contributed by atoms with Crippen LogP contribution in [0, 0.1) is 0 Å². The molecular formula is C10H12O8. The second-order valence-corrected chi connectivity index (χ2v) is 2.94. The molecule has 100 valence electrons. The van der Waals surface area contributed by atoms with Crippen molar-refractivity contribution in [3.05, 3.63) is 23.3 Å². The Morgan fingerprint density at radius 2 is 0.889 bits per heavy atom. The van der Waals surface area contributed by atoms with Gasteiger partial charge in [-0.25, -0.2) is 19.2 Å². The zero-order valence-corrected chi connectivity index (χ0v) is 9.58. The minimum atomic E-state index is -1.24. The van der Waals surface area contributed by atoms with E-state index in [2.05, 4.69) is 0 Å². The van der Waals surface area contributed by atoms with Crippen LogP contribution in [0.5, 0.6) is 0 Å². The maximum atomic E-state index is 9.90. The lowest BCUT2D eigenvalue weighted by molar-refractivity contribution is -0.135. The van der Waals surface area contributed by atoms with Gasteiger partial charge in [0.25, 0.3) is 0 Å². The van der Waals surface area contributed by atoms with Crippen LogP contribution in [-0.4, -0.2) is 44.3 Å². The van der Waals surface area contributed by atoms with E-state index in [1.807, 2.05) is 0 Å². The molecule has 0 aromatic heterocycles. The second-order valence-electron chi connectivity index (χ2n) is 2.94. The van der Waals surface area contributed by atoms with E-state index >= 15 is 0 Å². The third-order valence-electron chi connectivity index (χ3n) is 1.35. The molecule has 0 spiro atoms. The molecule has 8 nitrogen and oxygen atoms in total. The number of hydrogen-bond acceptors (Lipinski definition) is 4. The zero-order valence-electron chi connectivity index (χ0n) is 9.58. The van der Waals surface area contributed by atoms with Crippen LogP contribution in [0.3, 0.4) is 0 Å². The molecule has 0 radical (unpaired) electrons. The van der Waals surface area contributed by atoms with Gasteiger partial charge in [-0.05, 0) is 13.8 Å². The predicted octanol–water partition coefficient (Wildman–Crippen LogP) is 0.204. The molecule has 0 aliphatic carbocycles. The molecule has 0 heterocycles. The SMILES string of the molecule is C/C(=C\C(=O)O)C(=O)O.C/C(=C\C(=O)O)C(=O)O. The Hall–Kier alpha value is -2.64. The van der Waals surface area contributed by atoms with Crippen molar-refractivity contribution >= 4 is 23.9 Å². The van der Waals surface area contributed by atoms with Crippen molar-refractivity contribution in [3.8, 4) is 0 Å². The van der Waals surface area contributed by atoms with Crippen LogP contribution in [0.2, 0.25) is 0 Å². The van der Waals surface area contributed by atoms with E-state index in [0.717, 1.165) is 0 Å². The first-order valence-electron chi connectivity index (χ1n) is 4.37. The molecule has 0 bridgehead atoms. The lowest BCUT2D eigenvalue weighted by atomic mass is 10.3. The molecule has 0 aliphatic rings. The summed E-state index contributed by atoms with van der Waals surface area (Å²) >= 11 is 0. The molecule has 0 aliphatic heterocycles. The summed E-state index contributed by atoms with van der Waals surface area (Å²) in [7, 11) is 0. The standard InChI is InChI=1S/2C5H6O4/c2*1-3(5(8)9)2-4(6)7/h2*2H,1H3,(H,6,7)(H,8,9)/b2*3-2+. The van der Waals surface area contributed by atoms with E-state index in [0.29, 0.717) is 12.2 Å². The number of aliphatic carboxylic acids is 4. The van der Waals surface area contributed by atoms with Crippen molar-refractivity contribution in [2.24, 2.45) is 0 Å². The lowest BCUT2D eigenvalue weighted by Crippen LogP contribution is -1.99.